The number of thiophene rings is 1. The minimum atomic E-state index is -0.0949. The number of pyridine rings is 1. The molecule has 1 fully saturated rings. The highest BCUT2D eigenvalue weighted by atomic mass is 32.1. The number of fused-ring (bicyclic) bond motifs is 1. The summed E-state index contributed by atoms with van der Waals surface area (Å²) >= 11 is 1.69. The summed E-state index contributed by atoms with van der Waals surface area (Å²) in [7, 11) is 0. The summed E-state index contributed by atoms with van der Waals surface area (Å²) in [6.45, 7) is 11.7. The van der Waals surface area contributed by atoms with Crippen molar-refractivity contribution in [2.75, 3.05) is 32.7 Å². The molecule has 0 atom stereocenters. The van der Waals surface area contributed by atoms with Gasteiger partial charge in [0, 0.05) is 49.8 Å². The molecule has 35 heavy (non-hydrogen) atoms. The van der Waals surface area contributed by atoms with Crippen LogP contribution in [0, 0.1) is 6.92 Å². The predicted octanol–water partition coefficient (Wildman–Crippen LogP) is 3.92. The molecule has 1 aromatic carbocycles. The summed E-state index contributed by atoms with van der Waals surface area (Å²) in [5.74, 6) is -0.0949. The Morgan fingerprint density at radius 2 is 1.80 bits per heavy atom. The van der Waals surface area contributed by atoms with Gasteiger partial charge in [0.25, 0.3) is 5.91 Å². The van der Waals surface area contributed by atoms with Gasteiger partial charge in [-0.1, -0.05) is 37.3 Å². The van der Waals surface area contributed by atoms with Gasteiger partial charge < -0.3 is 10.2 Å². The molecule has 0 bridgehead atoms. The van der Waals surface area contributed by atoms with E-state index in [2.05, 4.69) is 61.8 Å². The lowest BCUT2D eigenvalue weighted by molar-refractivity contribution is 0.0952. The Hall–Kier alpha value is -3.07. The van der Waals surface area contributed by atoms with E-state index in [0.29, 0.717) is 18.7 Å². The lowest BCUT2D eigenvalue weighted by Crippen LogP contribution is -2.45. The Morgan fingerprint density at radius 3 is 2.54 bits per heavy atom. The van der Waals surface area contributed by atoms with Gasteiger partial charge >= 0.3 is 0 Å². The molecule has 0 aliphatic carbocycles. The summed E-state index contributed by atoms with van der Waals surface area (Å²) < 4.78 is 1.87. The maximum Gasteiger partial charge on any atom is 0.252 e. The maximum atomic E-state index is 13.3. The number of carbonyl (C=O) groups excluding carboxylic acids is 1. The molecule has 4 aromatic rings. The van der Waals surface area contributed by atoms with Crippen molar-refractivity contribution >= 4 is 28.3 Å². The Bertz CT molecular complexity index is 1290. The molecule has 0 unspecified atom stereocenters. The number of hydrogen-bond acceptors (Lipinski definition) is 6. The van der Waals surface area contributed by atoms with Gasteiger partial charge in [0.05, 0.1) is 23.7 Å². The highest BCUT2D eigenvalue weighted by Gasteiger charge is 2.18. The van der Waals surface area contributed by atoms with E-state index in [4.69, 9.17) is 0 Å². The molecule has 1 aliphatic heterocycles. The third kappa shape index (κ3) is 5.45. The van der Waals surface area contributed by atoms with E-state index in [-0.39, 0.29) is 5.91 Å². The number of aryl methyl sites for hydroxylation is 1. The predicted molar refractivity (Wildman–Crippen MR) is 141 cm³/mol. The van der Waals surface area contributed by atoms with Crippen LogP contribution in [0.25, 0.3) is 11.0 Å². The third-order valence-corrected chi connectivity index (χ3v) is 7.59. The summed E-state index contributed by atoms with van der Waals surface area (Å²) in [6.07, 6.45) is 1.76. The molecule has 1 N–H and O–H groups in total. The van der Waals surface area contributed by atoms with Crippen molar-refractivity contribution in [1.29, 1.82) is 0 Å². The topological polar surface area (TPSA) is 66.3 Å². The van der Waals surface area contributed by atoms with Crippen LogP contribution in [0.2, 0.25) is 0 Å². The number of nitrogens with one attached hydrogen (secondary N) is 1. The smallest absolute Gasteiger partial charge is 0.252 e. The number of piperazine rings is 1. The molecule has 7 nitrogen and oxygen atoms in total. The molecule has 0 saturated carbocycles. The zero-order chi connectivity index (χ0) is 24.2. The highest BCUT2D eigenvalue weighted by molar-refractivity contribution is 7.09. The number of aromatic nitrogens is 3. The molecule has 0 radical (unpaired) electrons. The van der Waals surface area contributed by atoms with Crippen molar-refractivity contribution in [1.82, 2.24) is 29.9 Å². The molecule has 5 rings (SSSR count). The van der Waals surface area contributed by atoms with Crippen molar-refractivity contribution in [3.63, 3.8) is 0 Å². The Kier molecular flexibility index (Phi) is 7.22. The first-order chi connectivity index (χ1) is 17.1. The first kappa shape index (κ1) is 23.7. The van der Waals surface area contributed by atoms with Crippen LogP contribution < -0.4 is 5.32 Å². The van der Waals surface area contributed by atoms with Crippen molar-refractivity contribution < 1.29 is 4.79 Å². The lowest BCUT2D eigenvalue weighted by atomic mass is 10.1. The van der Waals surface area contributed by atoms with Crippen LogP contribution in [0.5, 0.6) is 0 Å². The summed E-state index contributed by atoms with van der Waals surface area (Å²) in [4.78, 5) is 24.2. The number of amides is 1. The van der Waals surface area contributed by atoms with Crippen molar-refractivity contribution in [3.05, 3.63) is 81.3 Å². The van der Waals surface area contributed by atoms with Crippen molar-refractivity contribution in [3.8, 4) is 0 Å². The van der Waals surface area contributed by atoms with E-state index in [1.807, 2.05) is 29.8 Å². The molecule has 3 aromatic heterocycles. The van der Waals surface area contributed by atoms with Gasteiger partial charge in [-0.3, -0.25) is 9.69 Å². The van der Waals surface area contributed by atoms with Gasteiger partial charge in [-0.25, -0.2) is 9.67 Å². The molecule has 8 heteroatoms. The molecule has 182 valence electrons. The van der Waals surface area contributed by atoms with Gasteiger partial charge in [0.2, 0.25) is 0 Å². The average molecular weight is 489 g/mol. The van der Waals surface area contributed by atoms with Gasteiger partial charge in [-0.15, -0.1) is 11.3 Å². The SMILES string of the molecule is CCN1CCN(Cc2ccccc2CNC(=O)c2cc(C)nc3c2cnn3Cc2cccs2)CC1. The van der Waals surface area contributed by atoms with Crippen molar-refractivity contribution in [2.24, 2.45) is 0 Å². The van der Waals surface area contributed by atoms with Gasteiger partial charge in [-0.05, 0) is 42.1 Å². The zero-order valence-corrected chi connectivity index (χ0v) is 21.2. The number of rotatable bonds is 8. The van der Waals surface area contributed by atoms with E-state index >= 15 is 0 Å². The molecule has 0 spiro atoms. The van der Waals surface area contributed by atoms with E-state index in [1.54, 1.807) is 17.5 Å². The lowest BCUT2D eigenvalue weighted by Gasteiger charge is -2.34. The number of hydrogen-bond donors (Lipinski definition) is 1. The minimum absolute atomic E-state index is 0.0949. The van der Waals surface area contributed by atoms with Crippen LogP contribution in [0.4, 0.5) is 0 Å². The Morgan fingerprint density at radius 1 is 1.03 bits per heavy atom. The van der Waals surface area contributed by atoms with Crippen LogP contribution in [0.1, 0.15) is 39.0 Å². The molecule has 1 aliphatic rings. The minimum Gasteiger partial charge on any atom is -0.348 e. The molecular formula is C27H32N6OS. The molecular weight excluding hydrogens is 456 g/mol. The molecule has 1 amide bonds. The Labute approximate surface area is 210 Å². The number of likely N-dealkylation sites (N-methyl/N-ethyl adjacent to an activating group) is 1. The van der Waals surface area contributed by atoms with E-state index < -0.39 is 0 Å². The molecule has 4 heterocycles. The number of carbonyl (C=O) groups is 1. The quantitative estimate of drug-likeness (QED) is 0.407. The Balaban J connectivity index is 1.29. The fraction of sp³-hybridized carbons (Fsp3) is 0.370. The van der Waals surface area contributed by atoms with E-state index in [9.17, 15) is 4.79 Å². The second-order valence-corrected chi connectivity index (χ2v) is 10.1. The van der Waals surface area contributed by atoms with Crippen LogP contribution >= 0.6 is 11.3 Å². The maximum absolute atomic E-state index is 13.3. The second-order valence-electron chi connectivity index (χ2n) is 9.09. The largest absolute Gasteiger partial charge is 0.348 e. The van der Waals surface area contributed by atoms with E-state index in [0.717, 1.165) is 61.6 Å². The summed E-state index contributed by atoms with van der Waals surface area (Å²) in [5.41, 5.74) is 4.61. The van der Waals surface area contributed by atoms with Crippen LogP contribution in [0.15, 0.2) is 54.0 Å². The highest BCUT2D eigenvalue weighted by Crippen LogP contribution is 2.21. The summed E-state index contributed by atoms with van der Waals surface area (Å²) in [6, 6.07) is 14.4. The van der Waals surface area contributed by atoms with Gasteiger partial charge in [-0.2, -0.15) is 5.10 Å². The van der Waals surface area contributed by atoms with Crippen LogP contribution in [-0.4, -0.2) is 63.2 Å². The first-order valence-electron chi connectivity index (χ1n) is 12.3. The fourth-order valence-corrected chi connectivity index (χ4v) is 5.37. The number of nitrogens with zero attached hydrogens (tertiary/aromatic N) is 5. The first-order valence-corrected chi connectivity index (χ1v) is 13.1. The average Bonchev–Trinajstić information content (AvgIpc) is 3.54. The van der Waals surface area contributed by atoms with E-state index in [1.165, 1.54) is 10.4 Å². The normalized spacial score (nSPS) is 15.0. The molecule has 1 saturated heterocycles. The standard InChI is InChI=1S/C27H32N6OS/c1-3-31-10-12-32(13-11-31)18-22-8-5-4-7-21(22)16-28-27(34)24-15-20(2)30-26-25(24)17-29-33(26)19-23-9-6-14-35-23/h4-9,14-15,17H,3,10-13,16,18-19H2,1-2H3,(H,28,34). The van der Waals surface area contributed by atoms with Crippen LogP contribution in [0.3, 0.4) is 0 Å². The monoisotopic (exact) mass is 488 g/mol. The number of benzene rings is 1. The van der Waals surface area contributed by atoms with Gasteiger partial charge in [0.15, 0.2) is 5.65 Å². The zero-order valence-electron chi connectivity index (χ0n) is 20.4. The van der Waals surface area contributed by atoms with Gasteiger partial charge in [0.1, 0.15) is 0 Å². The summed E-state index contributed by atoms with van der Waals surface area (Å²) in [5, 5.41) is 10.5. The fourth-order valence-electron chi connectivity index (χ4n) is 4.69. The van der Waals surface area contributed by atoms with Crippen LogP contribution in [-0.2, 0) is 19.6 Å². The third-order valence-electron chi connectivity index (χ3n) is 6.73. The van der Waals surface area contributed by atoms with Crippen molar-refractivity contribution in [2.45, 2.75) is 33.5 Å². The second kappa shape index (κ2) is 10.7.